The predicted molar refractivity (Wildman–Crippen MR) is 46.2 cm³/mol. The van der Waals surface area contributed by atoms with Crippen LogP contribution in [0.3, 0.4) is 0 Å². The Morgan fingerprint density at radius 3 is 1.77 bits per heavy atom. The van der Waals surface area contributed by atoms with E-state index in [1.54, 1.807) is 0 Å². The molecule has 0 spiro atoms. The lowest BCUT2D eigenvalue weighted by atomic mass is 9.86. The average molecular weight is 187 g/mol. The molecule has 13 heavy (non-hydrogen) atoms. The highest BCUT2D eigenvalue weighted by molar-refractivity contribution is 5.50. The molecular weight excluding hydrogens is 170 g/mol. The van der Waals surface area contributed by atoms with E-state index in [1.165, 1.54) is 43.4 Å². The molecular formula is C9H17NO3. The fourth-order valence-corrected chi connectivity index (χ4v) is 2.25. The summed E-state index contributed by atoms with van der Waals surface area (Å²) in [6, 6.07) is 0. The van der Waals surface area contributed by atoms with E-state index in [9.17, 15) is 0 Å². The van der Waals surface area contributed by atoms with Crippen LogP contribution in [0.5, 0.6) is 0 Å². The summed E-state index contributed by atoms with van der Waals surface area (Å²) in [6.45, 7) is 4.39. The summed E-state index contributed by atoms with van der Waals surface area (Å²) in [4.78, 5) is 8.44. The maximum absolute atomic E-state index is 8.44. The molecule has 0 saturated carbocycles. The van der Waals surface area contributed by atoms with Crippen molar-refractivity contribution in [2.75, 3.05) is 26.7 Å². The first-order valence-corrected chi connectivity index (χ1v) is 4.75. The topological polar surface area (TPSA) is 60.4 Å². The number of piperidine rings is 3. The van der Waals surface area contributed by atoms with Crippen LogP contribution >= 0.6 is 0 Å². The molecule has 4 heteroatoms. The molecule has 3 aliphatic heterocycles. The Bertz CT molecular complexity index is 168. The van der Waals surface area contributed by atoms with Gasteiger partial charge in [0.25, 0.3) is 0 Å². The Morgan fingerprint density at radius 1 is 1.31 bits per heavy atom. The molecule has 0 aliphatic carbocycles. The van der Waals surface area contributed by atoms with Gasteiger partial charge in [0.05, 0.1) is 26.7 Å². The highest BCUT2D eigenvalue weighted by Crippen LogP contribution is 2.31. The first-order valence-electron chi connectivity index (χ1n) is 4.75. The third kappa shape index (κ3) is 3.22. The Kier molecular flexibility index (Phi) is 3.14. The SMILES string of the molecule is C[N+]12CCC(CC1)CC2.O=C([O-])O. The van der Waals surface area contributed by atoms with E-state index in [-0.39, 0.29) is 0 Å². The normalized spacial score (nSPS) is 36.2. The summed E-state index contributed by atoms with van der Waals surface area (Å²) in [5, 5.41) is 15.3. The van der Waals surface area contributed by atoms with Crippen LogP contribution in [0.15, 0.2) is 0 Å². The summed E-state index contributed by atoms with van der Waals surface area (Å²) in [7, 11) is 2.41. The number of rotatable bonds is 0. The van der Waals surface area contributed by atoms with Gasteiger partial charge in [-0.15, -0.1) is 0 Å². The first kappa shape index (κ1) is 10.3. The summed E-state index contributed by atoms with van der Waals surface area (Å²) < 4.78 is 1.39. The predicted octanol–water partition coefficient (Wildman–Crippen LogP) is 0.134. The second-order valence-electron chi connectivity index (χ2n) is 4.29. The van der Waals surface area contributed by atoms with E-state index in [2.05, 4.69) is 7.05 Å². The van der Waals surface area contributed by atoms with Gasteiger partial charge in [-0.3, -0.25) is 0 Å². The quantitative estimate of drug-likeness (QED) is 0.548. The van der Waals surface area contributed by atoms with Crippen LogP contribution < -0.4 is 5.11 Å². The van der Waals surface area contributed by atoms with Crippen LogP contribution in [-0.4, -0.2) is 42.4 Å². The number of hydrogen-bond acceptors (Lipinski definition) is 2. The van der Waals surface area contributed by atoms with Crippen molar-refractivity contribution < 1.29 is 19.5 Å². The van der Waals surface area contributed by atoms with E-state index in [0.29, 0.717) is 0 Å². The molecule has 3 aliphatic rings. The molecule has 3 rings (SSSR count). The maximum Gasteiger partial charge on any atom is 0.249 e. The van der Waals surface area contributed by atoms with Gasteiger partial charge in [-0.05, 0) is 25.2 Å². The second kappa shape index (κ2) is 3.96. The molecule has 0 atom stereocenters. The Morgan fingerprint density at radius 2 is 1.62 bits per heavy atom. The minimum Gasteiger partial charge on any atom is -0.565 e. The lowest BCUT2D eigenvalue weighted by Gasteiger charge is -2.46. The van der Waals surface area contributed by atoms with Gasteiger partial charge in [-0.1, -0.05) is 0 Å². The maximum atomic E-state index is 8.44. The van der Waals surface area contributed by atoms with Crippen LogP contribution in [0, 0.1) is 5.92 Å². The lowest BCUT2D eigenvalue weighted by Crippen LogP contribution is -2.55. The molecule has 76 valence electrons. The molecule has 3 saturated heterocycles. The Labute approximate surface area is 78.4 Å². The summed E-state index contributed by atoms with van der Waals surface area (Å²) in [5.74, 6) is 1.12. The van der Waals surface area contributed by atoms with Gasteiger partial charge in [0, 0.05) is 0 Å². The van der Waals surface area contributed by atoms with E-state index in [4.69, 9.17) is 15.0 Å². The molecule has 0 aromatic rings. The molecule has 0 aromatic heterocycles. The van der Waals surface area contributed by atoms with Crippen LogP contribution in [0.4, 0.5) is 4.79 Å². The number of nitrogens with zero attached hydrogens (tertiary/aromatic N) is 1. The average Bonchev–Trinajstić information content (AvgIpc) is 2.04. The van der Waals surface area contributed by atoms with Crippen molar-refractivity contribution in [1.82, 2.24) is 0 Å². The van der Waals surface area contributed by atoms with Crippen molar-refractivity contribution in [1.29, 1.82) is 0 Å². The Balaban J connectivity index is 0.000000184. The largest absolute Gasteiger partial charge is 0.565 e. The van der Waals surface area contributed by atoms with Crippen LogP contribution in [0.1, 0.15) is 19.3 Å². The van der Waals surface area contributed by atoms with Gasteiger partial charge in [-0.25, -0.2) is 0 Å². The van der Waals surface area contributed by atoms with Gasteiger partial charge in [-0.2, -0.15) is 0 Å². The zero-order valence-electron chi connectivity index (χ0n) is 8.03. The zero-order valence-corrected chi connectivity index (χ0v) is 8.03. The molecule has 0 aromatic carbocycles. The number of carbonyl (C=O) groups is 1. The number of hydrogen-bond donors (Lipinski definition) is 1. The fourth-order valence-electron chi connectivity index (χ4n) is 2.25. The third-order valence-corrected chi connectivity index (χ3v) is 3.23. The van der Waals surface area contributed by atoms with E-state index < -0.39 is 6.16 Å². The molecule has 3 fully saturated rings. The van der Waals surface area contributed by atoms with Crippen LogP contribution in [0.2, 0.25) is 0 Å². The number of carboxylic acid groups (broad SMARTS) is 2. The number of fused-ring (bicyclic) bond motifs is 3. The molecule has 1 N–H and O–H groups in total. The van der Waals surface area contributed by atoms with Crippen molar-refractivity contribution in [2.45, 2.75) is 19.3 Å². The van der Waals surface area contributed by atoms with Gasteiger partial charge >= 0.3 is 0 Å². The van der Waals surface area contributed by atoms with Gasteiger partial charge in [0.15, 0.2) is 0 Å². The van der Waals surface area contributed by atoms with Gasteiger partial charge < -0.3 is 19.5 Å². The summed E-state index contributed by atoms with van der Waals surface area (Å²) in [6.07, 6.45) is 2.45. The molecule has 0 unspecified atom stereocenters. The smallest absolute Gasteiger partial charge is 0.249 e. The van der Waals surface area contributed by atoms with Crippen molar-refractivity contribution >= 4 is 6.16 Å². The van der Waals surface area contributed by atoms with Crippen molar-refractivity contribution in [2.24, 2.45) is 5.92 Å². The third-order valence-electron chi connectivity index (χ3n) is 3.23. The monoisotopic (exact) mass is 187 g/mol. The van der Waals surface area contributed by atoms with Crippen molar-refractivity contribution in [3.05, 3.63) is 0 Å². The number of quaternary nitrogens is 1. The first-order chi connectivity index (χ1) is 6.02. The highest BCUT2D eigenvalue weighted by Gasteiger charge is 2.35. The standard InChI is InChI=1S/C8H16N.CH2O3/c1-9-5-2-8(3-6-9)4-7-9;2-1(3)4/h8H,2-7H2,1H3;(H2,2,3,4)/q+1;/p-1. The minimum absolute atomic E-state index is 1.12. The zero-order chi connectivity index (χ0) is 9.90. The molecule has 2 bridgehead atoms. The van der Waals surface area contributed by atoms with Crippen LogP contribution in [0.25, 0.3) is 0 Å². The molecule has 0 amide bonds. The summed E-state index contributed by atoms with van der Waals surface area (Å²) in [5.41, 5.74) is 0. The Hall–Kier alpha value is -0.770. The molecule has 0 radical (unpaired) electrons. The van der Waals surface area contributed by atoms with Gasteiger partial charge in [0.2, 0.25) is 6.16 Å². The van der Waals surface area contributed by atoms with Gasteiger partial charge in [0.1, 0.15) is 0 Å². The van der Waals surface area contributed by atoms with Crippen LogP contribution in [-0.2, 0) is 0 Å². The molecule has 4 nitrogen and oxygen atoms in total. The summed E-state index contributed by atoms with van der Waals surface area (Å²) >= 11 is 0. The molecule has 3 heterocycles. The van der Waals surface area contributed by atoms with E-state index in [0.717, 1.165) is 5.92 Å². The van der Waals surface area contributed by atoms with Crippen molar-refractivity contribution in [3.63, 3.8) is 0 Å². The van der Waals surface area contributed by atoms with E-state index in [1.807, 2.05) is 0 Å². The fraction of sp³-hybridized carbons (Fsp3) is 0.889. The highest BCUT2D eigenvalue weighted by atomic mass is 16.6. The van der Waals surface area contributed by atoms with Crippen molar-refractivity contribution in [3.8, 4) is 0 Å². The van der Waals surface area contributed by atoms with E-state index >= 15 is 0 Å². The second-order valence-corrected chi connectivity index (χ2v) is 4.29. The minimum atomic E-state index is -2.08. The lowest BCUT2D eigenvalue weighted by molar-refractivity contribution is -0.924.